The Bertz CT molecular complexity index is 1400. The molecule has 1 N–H and O–H groups in total. The Hall–Kier alpha value is -3.76. The maximum atomic E-state index is 13.9. The first-order valence-electron chi connectivity index (χ1n) is 11.7. The molecule has 0 radical (unpaired) electrons. The van der Waals surface area contributed by atoms with Crippen molar-refractivity contribution in [1.82, 2.24) is 4.90 Å². The van der Waals surface area contributed by atoms with Gasteiger partial charge < -0.3 is 14.8 Å². The molecule has 0 aromatic heterocycles. The van der Waals surface area contributed by atoms with Crippen LogP contribution in [0.3, 0.4) is 0 Å². The van der Waals surface area contributed by atoms with E-state index >= 15 is 0 Å². The zero-order valence-corrected chi connectivity index (χ0v) is 22.4. The van der Waals surface area contributed by atoms with Crippen molar-refractivity contribution in [2.45, 2.75) is 18.4 Å². The van der Waals surface area contributed by atoms with E-state index in [0.717, 1.165) is 21.6 Å². The number of rotatable bonds is 10. The lowest BCUT2D eigenvalue weighted by Crippen LogP contribution is -2.36. The SMILES string of the molecule is CCOc1cc(/C=C2/SC(=O)N(CC(=O)Nc3cccc(SC)c3)C2=O)ccc1OCc1ccccc1F. The third-order valence-electron chi connectivity index (χ3n) is 5.44. The van der Waals surface area contributed by atoms with Crippen LogP contribution in [-0.2, 0) is 16.2 Å². The van der Waals surface area contributed by atoms with Crippen molar-refractivity contribution in [2.75, 3.05) is 24.7 Å². The van der Waals surface area contributed by atoms with E-state index in [9.17, 15) is 18.8 Å². The molecule has 0 unspecified atom stereocenters. The lowest BCUT2D eigenvalue weighted by molar-refractivity contribution is -0.127. The number of nitrogens with one attached hydrogen (secondary N) is 1. The first-order valence-corrected chi connectivity index (χ1v) is 13.7. The van der Waals surface area contributed by atoms with Gasteiger partial charge in [-0.15, -0.1) is 11.8 Å². The second-order valence-corrected chi connectivity index (χ2v) is 9.94. The number of thioether (sulfide) groups is 2. The number of amides is 3. The predicted octanol–water partition coefficient (Wildman–Crippen LogP) is 6.20. The predicted molar refractivity (Wildman–Crippen MR) is 148 cm³/mol. The van der Waals surface area contributed by atoms with Gasteiger partial charge in [0.25, 0.3) is 11.1 Å². The van der Waals surface area contributed by atoms with Crippen LogP contribution in [-0.4, -0.2) is 41.4 Å². The number of anilines is 1. The highest BCUT2D eigenvalue weighted by Gasteiger charge is 2.36. The third kappa shape index (κ3) is 6.76. The van der Waals surface area contributed by atoms with Gasteiger partial charge >= 0.3 is 0 Å². The van der Waals surface area contributed by atoms with Gasteiger partial charge in [0.15, 0.2) is 11.5 Å². The van der Waals surface area contributed by atoms with E-state index in [1.54, 1.807) is 48.5 Å². The van der Waals surface area contributed by atoms with Crippen molar-refractivity contribution in [3.8, 4) is 11.5 Å². The molecule has 0 bridgehead atoms. The van der Waals surface area contributed by atoms with Crippen LogP contribution >= 0.6 is 23.5 Å². The molecule has 4 rings (SSSR count). The monoisotopic (exact) mass is 552 g/mol. The van der Waals surface area contributed by atoms with Crippen LogP contribution in [0, 0.1) is 5.82 Å². The number of benzene rings is 3. The molecule has 0 spiro atoms. The van der Waals surface area contributed by atoms with Crippen molar-refractivity contribution < 1.29 is 28.2 Å². The van der Waals surface area contributed by atoms with E-state index in [-0.39, 0.29) is 17.3 Å². The second kappa shape index (κ2) is 12.7. The number of imide groups is 1. The third-order valence-corrected chi connectivity index (χ3v) is 7.07. The molecule has 1 fully saturated rings. The molecule has 38 heavy (non-hydrogen) atoms. The Morgan fingerprint density at radius 1 is 1.05 bits per heavy atom. The Balaban J connectivity index is 1.45. The highest BCUT2D eigenvalue weighted by molar-refractivity contribution is 8.18. The minimum Gasteiger partial charge on any atom is -0.490 e. The van der Waals surface area contributed by atoms with Gasteiger partial charge in [0.2, 0.25) is 5.91 Å². The van der Waals surface area contributed by atoms with E-state index in [4.69, 9.17) is 9.47 Å². The van der Waals surface area contributed by atoms with Crippen molar-refractivity contribution >= 4 is 52.3 Å². The van der Waals surface area contributed by atoms with E-state index in [2.05, 4.69) is 5.32 Å². The van der Waals surface area contributed by atoms with Gasteiger partial charge in [-0.2, -0.15) is 0 Å². The number of carbonyl (C=O) groups is 3. The zero-order valence-electron chi connectivity index (χ0n) is 20.7. The van der Waals surface area contributed by atoms with Gasteiger partial charge in [0.1, 0.15) is 19.0 Å². The van der Waals surface area contributed by atoms with Crippen LogP contribution in [0.1, 0.15) is 18.1 Å². The maximum absolute atomic E-state index is 13.9. The number of ether oxygens (including phenoxy) is 2. The molecule has 0 atom stereocenters. The molecule has 0 aliphatic carbocycles. The average Bonchev–Trinajstić information content (AvgIpc) is 3.16. The summed E-state index contributed by atoms with van der Waals surface area (Å²) in [5, 5.41) is 2.20. The van der Waals surface area contributed by atoms with E-state index < -0.39 is 23.6 Å². The lowest BCUT2D eigenvalue weighted by Gasteiger charge is -2.13. The van der Waals surface area contributed by atoms with Gasteiger partial charge in [-0.25, -0.2) is 4.39 Å². The molecule has 7 nitrogen and oxygen atoms in total. The first kappa shape index (κ1) is 27.3. The highest BCUT2D eigenvalue weighted by Crippen LogP contribution is 2.35. The molecule has 3 aromatic rings. The zero-order chi connectivity index (χ0) is 27.1. The maximum Gasteiger partial charge on any atom is 0.294 e. The quantitative estimate of drug-likeness (QED) is 0.237. The van der Waals surface area contributed by atoms with E-state index in [1.165, 1.54) is 17.8 Å². The summed E-state index contributed by atoms with van der Waals surface area (Å²) in [6.07, 6.45) is 3.49. The number of carbonyl (C=O) groups excluding carboxylic acids is 3. The fourth-order valence-electron chi connectivity index (χ4n) is 3.61. The van der Waals surface area contributed by atoms with Crippen LogP contribution in [0.25, 0.3) is 6.08 Å². The van der Waals surface area contributed by atoms with Gasteiger partial charge in [-0.05, 0) is 73.0 Å². The molecule has 196 valence electrons. The summed E-state index contributed by atoms with van der Waals surface area (Å²) in [5.74, 6) is -0.543. The minimum atomic E-state index is -0.550. The summed E-state index contributed by atoms with van der Waals surface area (Å²) in [4.78, 5) is 40.0. The number of hydrogen-bond acceptors (Lipinski definition) is 7. The standard InChI is InChI=1S/C28H25FN2O5S2/c1-3-35-24-13-18(11-12-23(24)36-17-19-7-4-5-10-22(19)29)14-25-27(33)31(28(34)38-25)16-26(32)30-20-8-6-9-21(15-20)37-2/h4-15H,3,16-17H2,1-2H3,(H,30,32)/b25-14+. The lowest BCUT2D eigenvalue weighted by atomic mass is 10.1. The first-order chi connectivity index (χ1) is 18.4. The summed E-state index contributed by atoms with van der Waals surface area (Å²) in [6.45, 7) is 1.82. The van der Waals surface area contributed by atoms with E-state index in [0.29, 0.717) is 34.9 Å². The van der Waals surface area contributed by atoms with Gasteiger partial charge in [0, 0.05) is 16.1 Å². The molecule has 1 heterocycles. The molecule has 3 aromatic carbocycles. The van der Waals surface area contributed by atoms with Crippen molar-refractivity contribution in [3.05, 3.63) is 88.6 Å². The van der Waals surface area contributed by atoms with Gasteiger partial charge in [0.05, 0.1) is 11.5 Å². The Labute approximate surface area is 228 Å². The molecule has 1 aliphatic heterocycles. The molecular formula is C28H25FN2O5S2. The number of nitrogens with zero attached hydrogens (tertiary/aromatic N) is 1. The Kier molecular flexibility index (Phi) is 9.09. The summed E-state index contributed by atoms with van der Waals surface area (Å²) in [5.41, 5.74) is 1.61. The van der Waals surface area contributed by atoms with Crippen LogP contribution in [0.15, 0.2) is 76.5 Å². The van der Waals surface area contributed by atoms with Crippen molar-refractivity contribution in [1.29, 1.82) is 0 Å². The van der Waals surface area contributed by atoms with E-state index in [1.807, 2.05) is 31.4 Å². The highest BCUT2D eigenvalue weighted by atomic mass is 32.2. The van der Waals surface area contributed by atoms with Crippen LogP contribution in [0.5, 0.6) is 11.5 Å². The van der Waals surface area contributed by atoms with Crippen molar-refractivity contribution in [3.63, 3.8) is 0 Å². The van der Waals surface area contributed by atoms with Gasteiger partial charge in [-0.3, -0.25) is 19.3 Å². The largest absolute Gasteiger partial charge is 0.490 e. The topological polar surface area (TPSA) is 84.9 Å². The normalized spacial score (nSPS) is 14.2. The molecule has 3 amide bonds. The molecule has 1 aliphatic rings. The van der Waals surface area contributed by atoms with Crippen LogP contribution in [0.4, 0.5) is 14.9 Å². The van der Waals surface area contributed by atoms with Gasteiger partial charge in [-0.1, -0.05) is 30.3 Å². The fraction of sp³-hybridized carbons (Fsp3) is 0.179. The average molecular weight is 553 g/mol. The molecule has 0 saturated carbocycles. The molecular weight excluding hydrogens is 527 g/mol. The second-order valence-electron chi connectivity index (χ2n) is 8.07. The van der Waals surface area contributed by atoms with Crippen molar-refractivity contribution in [2.24, 2.45) is 0 Å². The summed E-state index contributed by atoms with van der Waals surface area (Å²) >= 11 is 2.30. The number of halogens is 1. The number of hydrogen-bond donors (Lipinski definition) is 1. The minimum absolute atomic E-state index is 0.0224. The summed E-state index contributed by atoms with van der Waals surface area (Å²) < 4.78 is 25.4. The van der Waals surface area contributed by atoms with Crippen LogP contribution in [0.2, 0.25) is 0 Å². The molecule has 10 heteroatoms. The Morgan fingerprint density at radius 2 is 1.87 bits per heavy atom. The fourth-order valence-corrected chi connectivity index (χ4v) is 4.90. The smallest absolute Gasteiger partial charge is 0.294 e. The Morgan fingerprint density at radius 3 is 2.63 bits per heavy atom. The summed E-state index contributed by atoms with van der Waals surface area (Å²) in [7, 11) is 0. The molecule has 1 saturated heterocycles. The summed E-state index contributed by atoms with van der Waals surface area (Å²) in [6, 6.07) is 18.7. The van der Waals surface area contributed by atoms with Crippen LogP contribution < -0.4 is 14.8 Å².